The lowest BCUT2D eigenvalue weighted by Gasteiger charge is -2.07. The van der Waals surface area contributed by atoms with Crippen LogP contribution in [0.5, 0.6) is 5.75 Å². The van der Waals surface area contributed by atoms with Gasteiger partial charge < -0.3 is 9.84 Å². The Kier molecular flexibility index (Phi) is 2.99. The topological polar surface area (TPSA) is 29.5 Å². The fourth-order valence-electron chi connectivity index (χ4n) is 0.845. The van der Waals surface area contributed by atoms with Gasteiger partial charge >= 0.3 is 6.61 Å². The molecule has 1 N–H and O–H groups in total. The average Bonchev–Trinajstić information content (AvgIpc) is 2.04. The molecule has 0 heterocycles. The second kappa shape index (κ2) is 4.01. The maximum absolute atomic E-state index is 11.7. The molecule has 0 amide bonds. The van der Waals surface area contributed by atoms with Crippen LogP contribution in [0.1, 0.15) is 5.56 Å². The second-order valence-corrected chi connectivity index (χ2v) is 2.14. The lowest BCUT2D eigenvalue weighted by molar-refractivity contribution is -0.0509. The number of aliphatic hydroxyl groups is 1. The highest BCUT2D eigenvalue weighted by atomic mass is 19.3. The third-order valence-electron chi connectivity index (χ3n) is 1.36. The largest absolute Gasteiger partial charge is 0.434 e. The molecule has 1 aromatic carbocycles. The van der Waals surface area contributed by atoms with Gasteiger partial charge in [0.15, 0.2) is 0 Å². The van der Waals surface area contributed by atoms with E-state index in [0.29, 0.717) is 5.56 Å². The number of aliphatic hydroxyl groups excluding tert-OH is 1. The molecule has 0 saturated carbocycles. The molecule has 66 valence electrons. The van der Waals surface area contributed by atoms with Crippen LogP contribution in [0.4, 0.5) is 8.78 Å². The quantitative estimate of drug-likeness (QED) is 0.756. The fraction of sp³-hybridized carbons (Fsp3) is 0.250. The van der Waals surface area contributed by atoms with Crippen LogP contribution >= 0.6 is 0 Å². The summed E-state index contributed by atoms with van der Waals surface area (Å²) in [5.41, 5.74) is 0.359. The predicted octanol–water partition coefficient (Wildman–Crippen LogP) is 1.78. The van der Waals surface area contributed by atoms with Crippen molar-refractivity contribution in [3.63, 3.8) is 0 Å². The monoisotopic (exact) mass is 174 g/mol. The lowest BCUT2D eigenvalue weighted by Crippen LogP contribution is -2.04. The molecule has 4 heteroatoms. The van der Waals surface area contributed by atoms with Crippen LogP contribution < -0.4 is 4.74 Å². The molecule has 0 aliphatic heterocycles. The van der Waals surface area contributed by atoms with Crippen molar-refractivity contribution in [2.24, 2.45) is 0 Å². The van der Waals surface area contributed by atoms with E-state index in [1.165, 1.54) is 12.1 Å². The summed E-state index contributed by atoms with van der Waals surface area (Å²) >= 11 is 0. The number of rotatable bonds is 3. The third-order valence-corrected chi connectivity index (χ3v) is 1.36. The van der Waals surface area contributed by atoms with E-state index >= 15 is 0 Å². The average molecular weight is 174 g/mol. The maximum Gasteiger partial charge on any atom is 0.387 e. The number of hydrogen-bond donors (Lipinski definition) is 1. The number of alkyl halides is 2. The van der Waals surface area contributed by atoms with Gasteiger partial charge in [-0.05, 0) is 6.07 Å². The van der Waals surface area contributed by atoms with Crippen molar-refractivity contribution < 1.29 is 18.6 Å². The van der Waals surface area contributed by atoms with E-state index in [1.807, 2.05) is 0 Å². The summed E-state index contributed by atoms with van der Waals surface area (Å²) in [6, 6.07) is 6.12. The molecule has 0 fully saturated rings. The van der Waals surface area contributed by atoms with Gasteiger partial charge in [0, 0.05) is 5.56 Å². The summed E-state index contributed by atoms with van der Waals surface area (Å²) in [6.07, 6.45) is 0. The first-order chi connectivity index (χ1) is 5.74. The van der Waals surface area contributed by atoms with Crippen molar-refractivity contribution in [1.29, 1.82) is 0 Å². The first-order valence-electron chi connectivity index (χ1n) is 3.37. The van der Waals surface area contributed by atoms with Crippen LogP contribution in [0.3, 0.4) is 0 Å². The lowest BCUT2D eigenvalue weighted by atomic mass is 10.2. The first kappa shape index (κ1) is 8.93. The van der Waals surface area contributed by atoms with Crippen molar-refractivity contribution in [2.75, 3.05) is 0 Å². The Morgan fingerprint density at radius 2 is 2.00 bits per heavy atom. The van der Waals surface area contributed by atoms with Gasteiger partial charge in [0.1, 0.15) is 5.75 Å². The molecule has 0 spiro atoms. The second-order valence-electron chi connectivity index (χ2n) is 2.14. The third kappa shape index (κ3) is 2.17. The van der Waals surface area contributed by atoms with Crippen LogP contribution in [0.15, 0.2) is 24.3 Å². The Morgan fingerprint density at radius 3 is 2.58 bits per heavy atom. The minimum atomic E-state index is -2.85. The van der Waals surface area contributed by atoms with Crippen molar-refractivity contribution in [3.05, 3.63) is 29.8 Å². The molecule has 2 nitrogen and oxygen atoms in total. The SMILES string of the molecule is OCc1ccccc1OC(F)F. The summed E-state index contributed by atoms with van der Waals surface area (Å²) in [7, 11) is 0. The number of halogens is 2. The molecule has 0 saturated heterocycles. The molecule has 0 unspecified atom stereocenters. The van der Waals surface area contributed by atoms with E-state index < -0.39 is 6.61 Å². The summed E-state index contributed by atoms with van der Waals surface area (Å²) in [4.78, 5) is 0. The molecule has 0 bridgehead atoms. The summed E-state index contributed by atoms with van der Waals surface area (Å²) in [5.74, 6) is 0.0231. The van der Waals surface area contributed by atoms with Gasteiger partial charge in [-0.15, -0.1) is 0 Å². The van der Waals surface area contributed by atoms with Crippen LogP contribution in [0.2, 0.25) is 0 Å². The maximum atomic E-state index is 11.7. The fourth-order valence-corrected chi connectivity index (χ4v) is 0.845. The zero-order chi connectivity index (χ0) is 8.97. The minimum Gasteiger partial charge on any atom is -0.434 e. The minimum absolute atomic E-state index is 0.0231. The molecule has 0 atom stereocenters. The van der Waals surface area contributed by atoms with Gasteiger partial charge in [-0.25, -0.2) is 0 Å². The van der Waals surface area contributed by atoms with Crippen molar-refractivity contribution in [3.8, 4) is 5.75 Å². The first-order valence-corrected chi connectivity index (χ1v) is 3.37. The van der Waals surface area contributed by atoms with E-state index in [-0.39, 0.29) is 12.4 Å². The summed E-state index contributed by atoms with van der Waals surface area (Å²) in [6.45, 7) is -3.15. The molecule has 0 aliphatic rings. The number of ether oxygens (including phenoxy) is 1. The van der Waals surface area contributed by atoms with E-state index in [0.717, 1.165) is 0 Å². The highest BCUT2D eigenvalue weighted by molar-refractivity contribution is 5.32. The Labute approximate surface area is 68.4 Å². The standard InChI is InChI=1S/C8H8F2O2/c9-8(10)12-7-4-2-1-3-6(7)5-11/h1-4,8,11H,5H2. The van der Waals surface area contributed by atoms with Crippen LogP contribution in [-0.4, -0.2) is 11.7 Å². The van der Waals surface area contributed by atoms with Crippen molar-refractivity contribution in [2.45, 2.75) is 13.2 Å². The Morgan fingerprint density at radius 1 is 1.33 bits per heavy atom. The highest BCUT2D eigenvalue weighted by Crippen LogP contribution is 2.19. The zero-order valence-corrected chi connectivity index (χ0v) is 6.21. The summed E-state index contributed by atoms with van der Waals surface area (Å²) in [5, 5.41) is 8.71. The van der Waals surface area contributed by atoms with Gasteiger partial charge in [-0.2, -0.15) is 8.78 Å². The van der Waals surface area contributed by atoms with Crippen LogP contribution in [-0.2, 0) is 6.61 Å². The van der Waals surface area contributed by atoms with Gasteiger partial charge in [0.2, 0.25) is 0 Å². The van der Waals surface area contributed by atoms with Gasteiger partial charge in [-0.1, -0.05) is 18.2 Å². The van der Waals surface area contributed by atoms with Crippen molar-refractivity contribution >= 4 is 0 Å². The molecule has 0 aromatic heterocycles. The van der Waals surface area contributed by atoms with Crippen LogP contribution in [0.25, 0.3) is 0 Å². The molecule has 0 aliphatic carbocycles. The zero-order valence-electron chi connectivity index (χ0n) is 6.21. The number of benzene rings is 1. The molecule has 12 heavy (non-hydrogen) atoms. The number of hydrogen-bond acceptors (Lipinski definition) is 2. The van der Waals surface area contributed by atoms with Gasteiger partial charge in [0.25, 0.3) is 0 Å². The number of para-hydroxylation sites is 1. The Balaban J connectivity index is 2.82. The van der Waals surface area contributed by atoms with E-state index in [4.69, 9.17) is 5.11 Å². The van der Waals surface area contributed by atoms with Crippen molar-refractivity contribution in [1.82, 2.24) is 0 Å². The molecular formula is C8H8F2O2. The highest BCUT2D eigenvalue weighted by Gasteiger charge is 2.07. The molecule has 1 aromatic rings. The Hall–Kier alpha value is -1.16. The van der Waals surface area contributed by atoms with Gasteiger partial charge in [0.05, 0.1) is 6.61 Å². The molecule has 1 rings (SSSR count). The summed E-state index contributed by atoms with van der Waals surface area (Å²) < 4.78 is 27.6. The molecule has 0 radical (unpaired) electrons. The van der Waals surface area contributed by atoms with Gasteiger partial charge in [-0.3, -0.25) is 0 Å². The van der Waals surface area contributed by atoms with E-state index in [2.05, 4.69) is 4.74 Å². The van der Waals surface area contributed by atoms with Crippen LogP contribution in [0, 0.1) is 0 Å². The predicted molar refractivity (Wildman–Crippen MR) is 39.0 cm³/mol. The molecular weight excluding hydrogens is 166 g/mol. The smallest absolute Gasteiger partial charge is 0.387 e. The normalized spacial score (nSPS) is 10.3. The van der Waals surface area contributed by atoms with E-state index in [9.17, 15) is 8.78 Å². The van der Waals surface area contributed by atoms with E-state index in [1.54, 1.807) is 12.1 Å². The Bertz CT molecular complexity index is 251.